The van der Waals surface area contributed by atoms with Gasteiger partial charge >= 0.3 is 0 Å². The van der Waals surface area contributed by atoms with Gasteiger partial charge in [0.05, 0.1) is 6.10 Å². The average molecular weight is 158 g/mol. The lowest BCUT2D eigenvalue weighted by Gasteiger charge is -2.07. The molecule has 0 spiro atoms. The third-order valence-corrected chi connectivity index (χ3v) is 1.75. The van der Waals surface area contributed by atoms with E-state index in [-0.39, 0.29) is 6.10 Å². The molecule has 2 nitrogen and oxygen atoms in total. The number of hydrogen-bond acceptors (Lipinski definition) is 2. The minimum atomic E-state index is 0.101. The molecule has 0 aliphatic heterocycles. The van der Waals surface area contributed by atoms with Gasteiger partial charge in [0, 0.05) is 0 Å². The molecule has 11 heavy (non-hydrogen) atoms. The van der Waals surface area contributed by atoms with E-state index in [1.165, 1.54) is 25.7 Å². The highest BCUT2D eigenvalue weighted by Crippen LogP contribution is 2.06. The predicted molar refractivity (Wildman–Crippen MR) is 45.4 cm³/mol. The van der Waals surface area contributed by atoms with Crippen molar-refractivity contribution in [1.29, 1.82) is 0 Å². The first-order chi connectivity index (χ1) is 5.31. The van der Waals surface area contributed by atoms with Crippen molar-refractivity contribution in [2.45, 2.75) is 52.1 Å². The van der Waals surface area contributed by atoms with Gasteiger partial charge in [-0.3, -0.25) is 4.79 Å². The van der Waals surface area contributed by atoms with E-state index >= 15 is 0 Å². The Labute approximate surface area is 68.9 Å². The highest BCUT2D eigenvalue weighted by Gasteiger charge is 1.99. The first-order valence-corrected chi connectivity index (χ1v) is 4.40. The lowest BCUT2D eigenvalue weighted by atomic mass is 10.1. The van der Waals surface area contributed by atoms with E-state index in [0.29, 0.717) is 6.47 Å². The molecule has 1 atom stereocenters. The number of hydrogen-bond donors (Lipinski definition) is 0. The number of unbranched alkanes of at least 4 members (excludes halogenated alkanes) is 3. The van der Waals surface area contributed by atoms with E-state index in [0.717, 1.165) is 6.42 Å². The quantitative estimate of drug-likeness (QED) is 0.420. The third kappa shape index (κ3) is 7.37. The van der Waals surface area contributed by atoms with Crippen LogP contribution in [-0.4, -0.2) is 12.6 Å². The molecule has 0 fully saturated rings. The van der Waals surface area contributed by atoms with Crippen LogP contribution in [-0.2, 0) is 9.53 Å². The number of ether oxygens (including phenoxy) is 1. The van der Waals surface area contributed by atoms with Crippen molar-refractivity contribution in [2.24, 2.45) is 0 Å². The van der Waals surface area contributed by atoms with Crippen LogP contribution in [0.4, 0.5) is 0 Å². The Bertz CT molecular complexity index is 91.6. The lowest BCUT2D eigenvalue weighted by Crippen LogP contribution is -2.05. The highest BCUT2D eigenvalue weighted by atomic mass is 16.5. The molecule has 0 N–H and O–H groups in total. The molecule has 66 valence electrons. The summed E-state index contributed by atoms with van der Waals surface area (Å²) in [5.74, 6) is 0. The summed E-state index contributed by atoms with van der Waals surface area (Å²) in [4.78, 5) is 9.88. The smallest absolute Gasteiger partial charge is 0.293 e. The second kappa shape index (κ2) is 7.58. The van der Waals surface area contributed by atoms with Crippen LogP contribution >= 0.6 is 0 Å². The monoisotopic (exact) mass is 158 g/mol. The van der Waals surface area contributed by atoms with Crippen LogP contribution in [0.3, 0.4) is 0 Å². The molecule has 0 aliphatic carbocycles. The SMILES string of the molecule is CCCCCCC(C)OC=O. The molecule has 0 rings (SSSR count). The largest absolute Gasteiger partial charge is 0.465 e. The maximum atomic E-state index is 9.88. The van der Waals surface area contributed by atoms with Gasteiger partial charge in [-0.15, -0.1) is 0 Å². The van der Waals surface area contributed by atoms with Gasteiger partial charge in [-0.2, -0.15) is 0 Å². The van der Waals surface area contributed by atoms with Crippen molar-refractivity contribution in [3.05, 3.63) is 0 Å². The summed E-state index contributed by atoms with van der Waals surface area (Å²) >= 11 is 0. The molecule has 0 aliphatic rings. The Morgan fingerprint density at radius 1 is 1.36 bits per heavy atom. The maximum Gasteiger partial charge on any atom is 0.293 e. The summed E-state index contributed by atoms with van der Waals surface area (Å²) < 4.78 is 4.74. The molecule has 0 aromatic carbocycles. The molecule has 0 radical (unpaired) electrons. The average Bonchev–Trinajstić information content (AvgIpc) is 1.99. The van der Waals surface area contributed by atoms with Crippen molar-refractivity contribution in [3.8, 4) is 0 Å². The fourth-order valence-electron chi connectivity index (χ4n) is 1.02. The topological polar surface area (TPSA) is 26.3 Å². The predicted octanol–water partition coefficient (Wildman–Crippen LogP) is 2.52. The van der Waals surface area contributed by atoms with Crippen molar-refractivity contribution >= 4 is 6.47 Å². The van der Waals surface area contributed by atoms with Crippen LogP contribution in [0.5, 0.6) is 0 Å². The second-order valence-corrected chi connectivity index (χ2v) is 2.89. The standard InChI is InChI=1S/C9H18O2/c1-3-4-5-6-7-9(2)11-8-10/h8-9H,3-7H2,1-2H3. The molecule has 0 saturated heterocycles. The summed E-state index contributed by atoms with van der Waals surface area (Å²) in [6.07, 6.45) is 6.06. The summed E-state index contributed by atoms with van der Waals surface area (Å²) in [6, 6.07) is 0. The van der Waals surface area contributed by atoms with Gasteiger partial charge in [0.2, 0.25) is 0 Å². The van der Waals surface area contributed by atoms with E-state index in [9.17, 15) is 4.79 Å². The van der Waals surface area contributed by atoms with Crippen LogP contribution in [0.1, 0.15) is 46.0 Å². The van der Waals surface area contributed by atoms with Gasteiger partial charge in [0.25, 0.3) is 6.47 Å². The Kier molecular flexibility index (Phi) is 7.21. The molecule has 0 amide bonds. The fourth-order valence-corrected chi connectivity index (χ4v) is 1.02. The van der Waals surface area contributed by atoms with Gasteiger partial charge < -0.3 is 4.74 Å². The zero-order valence-corrected chi connectivity index (χ0v) is 7.51. The Morgan fingerprint density at radius 2 is 2.09 bits per heavy atom. The van der Waals surface area contributed by atoms with Crippen LogP contribution in [0.25, 0.3) is 0 Å². The summed E-state index contributed by atoms with van der Waals surface area (Å²) in [5.41, 5.74) is 0. The molecular weight excluding hydrogens is 140 g/mol. The molecule has 0 heterocycles. The van der Waals surface area contributed by atoms with Crippen LogP contribution < -0.4 is 0 Å². The lowest BCUT2D eigenvalue weighted by molar-refractivity contribution is -0.133. The summed E-state index contributed by atoms with van der Waals surface area (Å²) in [6.45, 7) is 4.65. The number of carbonyl (C=O) groups is 1. The summed E-state index contributed by atoms with van der Waals surface area (Å²) in [5, 5.41) is 0. The maximum absolute atomic E-state index is 9.88. The van der Waals surface area contributed by atoms with E-state index in [2.05, 4.69) is 6.92 Å². The van der Waals surface area contributed by atoms with Gasteiger partial charge in [-0.05, 0) is 19.8 Å². The van der Waals surface area contributed by atoms with Crippen molar-refractivity contribution < 1.29 is 9.53 Å². The Morgan fingerprint density at radius 3 is 2.64 bits per heavy atom. The Balaban J connectivity index is 3.03. The van der Waals surface area contributed by atoms with Gasteiger partial charge in [0.1, 0.15) is 0 Å². The van der Waals surface area contributed by atoms with E-state index < -0.39 is 0 Å². The summed E-state index contributed by atoms with van der Waals surface area (Å²) in [7, 11) is 0. The molecule has 2 heteroatoms. The van der Waals surface area contributed by atoms with Crippen LogP contribution in [0, 0.1) is 0 Å². The molecule has 1 unspecified atom stereocenters. The Hall–Kier alpha value is -0.530. The normalized spacial score (nSPS) is 12.5. The van der Waals surface area contributed by atoms with E-state index in [4.69, 9.17) is 4.74 Å². The molecule has 0 aromatic rings. The highest BCUT2D eigenvalue weighted by molar-refractivity contribution is 5.37. The first kappa shape index (κ1) is 10.5. The molecular formula is C9H18O2. The van der Waals surface area contributed by atoms with E-state index in [1.54, 1.807) is 0 Å². The zero-order valence-electron chi connectivity index (χ0n) is 7.51. The number of rotatable bonds is 7. The zero-order chi connectivity index (χ0) is 8.53. The van der Waals surface area contributed by atoms with Gasteiger partial charge in [-0.25, -0.2) is 0 Å². The van der Waals surface area contributed by atoms with Crippen LogP contribution in [0.15, 0.2) is 0 Å². The van der Waals surface area contributed by atoms with Crippen molar-refractivity contribution in [3.63, 3.8) is 0 Å². The molecule has 0 saturated carbocycles. The van der Waals surface area contributed by atoms with Crippen LogP contribution in [0.2, 0.25) is 0 Å². The molecule has 0 bridgehead atoms. The van der Waals surface area contributed by atoms with Crippen molar-refractivity contribution in [2.75, 3.05) is 0 Å². The third-order valence-electron chi connectivity index (χ3n) is 1.75. The van der Waals surface area contributed by atoms with Crippen molar-refractivity contribution in [1.82, 2.24) is 0 Å². The molecule has 0 aromatic heterocycles. The fraction of sp³-hybridized carbons (Fsp3) is 0.889. The first-order valence-electron chi connectivity index (χ1n) is 4.40. The number of carbonyl (C=O) groups excluding carboxylic acids is 1. The van der Waals surface area contributed by atoms with E-state index in [1.807, 2.05) is 6.92 Å². The minimum absolute atomic E-state index is 0.101. The van der Waals surface area contributed by atoms with Gasteiger partial charge in [0.15, 0.2) is 0 Å². The van der Waals surface area contributed by atoms with Gasteiger partial charge in [-0.1, -0.05) is 26.2 Å². The minimum Gasteiger partial charge on any atom is -0.465 e. The second-order valence-electron chi connectivity index (χ2n) is 2.89.